The summed E-state index contributed by atoms with van der Waals surface area (Å²) in [6.45, 7) is 0.806. The Labute approximate surface area is 92.0 Å². The number of nitrogens with two attached hydrogens (primary N) is 1. The highest BCUT2D eigenvalue weighted by atomic mass is 16.6. The van der Waals surface area contributed by atoms with Crippen molar-refractivity contribution in [2.24, 2.45) is 5.73 Å². The van der Waals surface area contributed by atoms with E-state index in [9.17, 15) is 0 Å². The minimum Gasteiger partial charge on any atom is -0.467 e. The van der Waals surface area contributed by atoms with Gasteiger partial charge in [0, 0.05) is 25.2 Å². The summed E-state index contributed by atoms with van der Waals surface area (Å²) in [5, 5.41) is 0. The lowest BCUT2D eigenvalue weighted by Crippen LogP contribution is -2.20. The molecule has 3 rings (SSSR count). The molecule has 1 aliphatic heterocycles. The van der Waals surface area contributed by atoms with E-state index in [1.165, 1.54) is 13.3 Å². The maximum Gasteiger partial charge on any atom is 0.305 e. The van der Waals surface area contributed by atoms with Gasteiger partial charge in [0.2, 0.25) is 0 Å². The quantitative estimate of drug-likeness (QED) is 0.793. The van der Waals surface area contributed by atoms with Crippen LogP contribution in [-0.4, -0.2) is 27.7 Å². The Kier molecular flexibility index (Phi) is 1.97. The second-order valence-corrected chi connectivity index (χ2v) is 3.85. The molecule has 3 heterocycles. The van der Waals surface area contributed by atoms with Crippen molar-refractivity contribution in [2.45, 2.75) is 19.0 Å². The first kappa shape index (κ1) is 9.41. The molecule has 84 valence electrons. The van der Waals surface area contributed by atoms with Crippen molar-refractivity contribution in [3.05, 3.63) is 18.2 Å². The fourth-order valence-corrected chi connectivity index (χ4v) is 1.90. The molecule has 16 heavy (non-hydrogen) atoms. The van der Waals surface area contributed by atoms with Crippen LogP contribution in [-0.2, 0) is 13.0 Å². The number of rotatable bonds is 2. The largest absolute Gasteiger partial charge is 0.467 e. The molecule has 2 N–H and O–H groups in total. The third kappa shape index (κ3) is 1.38. The summed E-state index contributed by atoms with van der Waals surface area (Å²) in [5.41, 5.74) is 6.55. The molecule has 2 aromatic heterocycles. The number of aromatic nitrogens is 3. The van der Waals surface area contributed by atoms with E-state index in [-0.39, 0.29) is 6.04 Å². The van der Waals surface area contributed by atoms with Gasteiger partial charge in [0.25, 0.3) is 5.89 Å². The van der Waals surface area contributed by atoms with Gasteiger partial charge in [0.15, 0.2) is 0 Å². The first-order valence-corrected chi connectivity index (χ1v) is 5.08. The van der Waals surface area contributed by atoms with Crippen molar-refractivity contribution in [2.75, 3.05) is 7.11 Å². The highest BCUT2D eigenvalue weighted by Crippen LogP contribution is 2.24. The zero-order valence-corrected chi connectivity index (χ0v) is 8.88. The van der Waals surface area contributed by atoms with Crippen LogP contribution in [0.2, 0.25) is 0 Å². The highest BCUT2D eigenvalue weighted by molar-refractivity contribution is 5.47. The highest BCUT2D eigenvalue weighted by Gasteiger charge is 2.22. The van der Waals surface area contributed by atoms with Crippen molar-refractivity contribution < 1.29 is 9.15 Å². The molecule has 1 unspecified atom stereocenters. The number of ether oxygens (including phenoxy) is 1. The average Bonchev–Trinajstić information content (AvgIpc) is 2.88. The van der Waals surface area contributed by atoms with Crippen LogP contribution in [0, 0.1) is 0 Å². The van der Waals surface area contributed by atoms with Crippen LogP contribution in [0.15, 0.2) is 16.8 Å². The minimum absolute atomic E-state index is 0.177. The molecule has 0 saturated heterocycles. The van der Waals surface area contributed by atoms with Crippen LogP contribution in [0.3, 0.4) is 0 Å². The number of oxazole rings is 1. The Morgan fingerprint density at radius 1 is 1.62 bits per heavy atom. The van der Waals surface area contributed by atoms with Crippen molar-refractivity contribution in [3.63, 3.8) is 0 Å². The average molecular weight is 220 g/mol. The predicted octanol–water partition coefficient (Wildman–Crippen LogP) is 0.430. The van der Waals surface area contributed by atoms with E-state index >= 15 is 0 Å². The van der Waals surface area contributed by atoms with E-state index in [1.807, 2.05) is 10.8 Å². The minimum atomic E-state index is 0.177. The molecule has 1 aliphatic rings. The Hall–Kier alpha value is -1.82. The number of hydrogen-bond donors (Lipinski definition) is 1. The first-order chi connectivity index (χ1) is 7.76. The SMILES string of the molecule is COc1cnc(-c2cn3c(n2)CC(N)C3)o1. The van der Waals surface area contributed by atoms with Crippen molar-refractivity contribution in [3.8, 4) is 17.5 Å². The van der Waals surface area contributed by atoms with Crippen LogP contribution in [0.4, 0.5) is 0 Å². The van der Waals surface area contributed by atoms with Gasteiger partial charge in [-0.2, -0.15) is 0 Å². The van der Waals surface area contributed by atoms with Gasteiger partial charge in [-0.1, -0.05) is 0 Å². The lowest BCUT2D eigenvalue weighted by atomic mass is 10.3. The molecule has 6 heteroatoms. The lowest BCUT2D eigenvalue weighted by Gasteiger charge is -1.97. The van der Waals surface area contributed by atoms with E-state index in [4.69, 9.17) is 14.9 Å². The van der Waals surface area contributed by atoms with Gasteiger partial charge in [-0.25, -0.2) is 9.97 Å². The fourth-order valence-electron chi connectivity index (χ4n) is 1.90. The zero-order chi connectivity index (χ0) is 11.1. The monoisotopic (exact) mass is 220 g/mol. The zero-order valence-electron chi connectivity index (χ0n) is 8.88. The third-order valence-corrected chi connectivity index (χ3v) is 2.64. The summed E-state index contributed by atoms with van der Waals surface area (Å²) in [7, 11) is 1.54. The summed E-state index contributed by atoms with van der Waals surface area (Å²) < 4.78 is 12.3. The van der Waals surface area contributed by atoms with Gasteiger partial charge in [-0.15, -0.1) is 0 Å². The second kappa shape index (κ2) is 3.34. The Bertz CT molecular complexity index is 493. The maximum atomic E-state index is 5.82. The van der Waals surface area contributed by atoms with Gasteiger partial charge >= 0.3 is 5.95 Å². The predicted molar refractivity (Wildman–Crippen MR) is 56.0 cm³/mol. The topological polar surface area (TPSA) is 79.1 Å². The number of methoxy groups -OCH3 is 1. The molecule has 1 atom stereocenters. The van der Waals surface area contributed by atoms with Gasteiger partial charge in [-0.05, 0) is 0 Å². The molecule has 0 bridgehead atoms. The van der Waals surface area contributed by atoms with Crippen LogP contribution < -0.4 is 10.5 Å². The first-order valence-electron chi connectivity index (χ1n) is 5.08. The molecule has 0 saturated carbocycles. The molecule has 0 amide bonds. The van der Waals surface area contributed by atoms with E-state index in [1.54, 1.807) is 0 Å². The van der Waals surface area contributed by atoms with Gasteiger partial charge in [0.1, 0.15) is 17.7 Å². The van der Waals surface area contributed by atoms with Crippen LogP contribution in [0.1, 0.15) is 5.82 Å². The third-order valence-electron chi connectivity index (χ3n) is 2.64. The Morgan fingerprint density at radius 3 is 3.19 bits per heavy atom. The number of nitrogens with zero attached hydrogens (tertiary/aromatic N) is 3. The summed E-state index contributed by atoms with van der Waals surface area (Å²) >= 11 is 0. The molecule has 0 spiro atoms. The molecule has 6 nitrogen and oxygen atoms in total. The smallest absolute Gasteiger partial charge is 0.305 e. The molecule has 0 fully saturated rings. The summed E-state index contributed by atoms with van der Waals surface area (Å²) in [4.78, 5) is 8.52. The number of imidazole rings is 1. The van der Waals surface area contributed by atoms with Crippen molar-refractivity contribution in [1.82, 2.24) is 14.5 Å². The molecule has 0 aromatic carbocycles. The van der Waals surface area contributed by atoms with Crippen LogP contribution in [0.25, 0.3) is 11.6 Å². The van der Waals surface area contributed by atoms with Gasteiger partial charge < -0.3 is 19.5 Å². The molecule has 2 aromatic rings. The summed E-state index contributed by atoms with van der Waals surface area (Å²) in [5.74, 6) is 1.85. The standard InChI is InChI=1S/C10H12N4O2/c1-15-9-3-12-10(16-9)7-5-14-4-6(11)2-8(14)13-7/h3,5-6H,2,4,11H2,1H3. The normalized spacial score (nSPS) is 18.8. The van der Waals surface area contributed by atoms with Crippen molar-refractivity contribution in [1.29, 1.82) is 0 Å². The van der Waals surface area contributed by atoms with Gasteiger partial charge in [-0.3, -0.25) is 0 Å². The lowest BCUT2D eigenvalue weighted by molar-refractivity contribution is 0.308. The molecular weight excluding hydrogens is 208 g/mol. The number of fused-ring (bicyclic) bond motifs is 1. The fraction of sp³-hybridized carbons (Fsp3) is 0.400. The second-order valence-electron chi connectivity index (χ2n) is 3.85. The Balaban J connectivity index is 1.93. The van der Waals surface area contributed by atoms with Crippen LogP contribution >= 0.6 is 0 Å². The van der Waals surface area contributed by atoms with E-state index in [0.29, 0.717) is 11.8 Å². The molecular formula is C10H12N4O2. The van der Waals surface area contributed by atoms with E-state index < -0.39 is 0 Å². The summed E-state index contributed by atoms with van der Waals surface area (Å²) in [6.07, 6.45) is 4.25. The van der Waals surface area contributed by atoms with E-state index in [0.717, 1.165) is 24.5 Å². The molecule has 0 radical (unpaired) electrons. The molecule has 0 aliphatic carbocycles. The summed E-state index contributed by atoms with van der Waals surface area (Å²) in [6, 6.07) is 0.177. The van der Waals surface area contributed by atoms with Gasteiger partial charge in [0.05, 0.1) is 7.11 Å². The number of hydrogen-bond acceptors (Lipinski definition) is 5. The van der Waals surface area contributed by atoms with E-state index in [2.05, 4.69) is 9.97 Å². The van der Waals surface area contributed by atoms with Crippen molar-refractivity contribution >= 4 is 0 Å². The Morgan fingerprint density at radius 2 is 2.50 bits per heavy atom. The van der Waals surface area contributed by atoms with Crippen LogP contribution in [0.5, 0.6) is 5.95 Å². The maximum absolute atomic E-state index is 5.82.